The van der Waals surface area contributed by atoms with Gasteiger partial charge in [0.2, 0.25) is 10.0 Å². The van der Waals surface area contributed by atoms with Crippen LogP contribution in [0.5, 0.6) is 0 Å². The lowest BCUT2D eigenvalue weighted by molar-refractivity contribution is -0.147. The number of imidazole rings is 1. The fourth-order valence-corrected chi connectivity index (χ4v) is 5.63. The highest BCUT2D eigenvalue weighted by Gasteiger charge is 2.27. The number of nitrogens with zero attached hydrogens (tertiary/aromatic N) is 3. The zero-order chi connectivity index (χ0) is 23.4. The van der Waals surface area contributed by atoms with E-state index in [1.165, 1.54) is 10.4 Å². The third kappa shape index (κ3) is 5.23. The number of fused-ring (bicyclic) bond motifs is 1. The minimum absolute atomic E-state index is 0.0729. The van der Waals surface area contributed by atoms with Crippen LogP contribution in [0.25, 0.3) is 11.0 Å². The number of anilines is 1. The second-order valence-corrected chi connectivity index (χ2v) is 9.92. The molecule has 2 heterocycles. The molecular formula is C23H26N4O5S. The predicted octanol–water partition coefficient (Wildman–Crippen LogP) is 2.70. The van der Waals surface area contributed by atoms with Crippen LogP contribution in [0.3, 0.4) is 0 Å². The molecule has 10 heteroatoms. The first-order chi connectivity index (χ1) is 15.8. The Balaban J connectivity index is 1.36. The van der Waals surface area contributed by atoms with Crippen LogP contribution in [0, 0.1) is 6.92 Å². The zero-order valence-corrected chi connectivity index (χ0v) is 19.2. The number of nitrogens with one attached hydrogen (secondary N) is 1. The number of ether oxygens (including phenoxy) is 1. The van der Waals surface area contributed by atoms with Crippen LogP contribution >= 0.6 is 0 Å². The SMILES string of the molecule is Cc1ccc(NC(=O)COC(=O)Cn2cnc3ccccc32)cc1S(=O)(=O)N1CCCCC1. The van der Waals surface area contributed by atoms with E-state index in [2.05, 4.69) is 10.3 Å². The van der Waals surface area contributed by atoms with Gasteiger partial charge >= 0.3 is 5.97 Å². The van der Waals surface area contributed by atoms with Crippen molar-refractivity contribution in [2.24, 2.45) is 0 Å². The van der Waals surface area contributed by atoms with E-state index in [0.717, 1.165) is 30.3 Å². The van der Waals surface area contributed by atoms with E-state index >= 15 is 0 Å². The van der Waals surface area contributed by atoms with Crippen LogP contribution < -0.4 is 5.32 Å². The van der Waals surface area contributed by atoms with E-state index in [1.54, 1.807) is 30.0 Å². The maximum Gasteiger partial charge on any atom is 0.326 e. The van der Waals surface area contributed by atoms with Gasteiger partial charge in [-0.1, -0.05) is 24.6 Å². The summed E-state index contributed by atoms with van der Waals surface area (Å²) >= 11 is 0. The number of aromatic nitrogens is 2. The molecule has 0 atom stereocenters. The van der Waals surface area contributed by atoms with Crippen molar-refractivity contribution in [1.29, 1.82) is 0 Å². The molecule has 2 aromatic carbocycles. The van der Waals surface area contributed by atoms with Crippen molar-refractivity contribution in [3.05, 3.63) is 54.4 Å². The first kappa shape index (κ1) is 22.9. The van der Waals surface area contributed by atoms with Gasteiger partial charge in [0.1, 0.15) is 6.54 Å². The summed E-state index contributed by atoms with van der Waals surface area (Å²) in [7, 11) is -3.64. The quantitative estimate of drug-likeness (QED) is 0.532. The van der Waals surface area contributed by atoms with Gasteiger partial charge in [-0.05, 0) is 49.6 Å². The monoisotopic (exact) mass is 470 g/mol. The number of piperidine rings is 1. The molecule has 1 aliphatic rings. The Hall–Kier alpha value is -3.24. The van der Waals surface area contributed by atoms with Crippen LogP contribution in [0.2, 0.25) is 0 Å². The second kappa shape index (κ2) is 9.72. The number of carbonyl (C=O) groups excluding carboxylic acids is 2. The van der Waals surface area contributed by atoms with Gasteiger partial charge in [0.05, 0.1) is 22.3 Å². The molecule has 1 fully saturated rings. The molecule has 4 rings (SSSR count). The van der Waals surface area contributed by atoms with Gasteiger partial charge < -0.3 is 14.6 Å². The standard InChI is InChI=1S/C23H26N4O5S/c1-17-9-10-18(13-21(17)33(30,31)27-11-5-2-6-12-27)25-22(28)15-32-23(29)14-26-16-24-19-7-3-4-8-20(19)26/h3-4,7-10,13,16H,2,5-6,11-12,14-15H2,1H3,(H,25,28). The molecule has 0 unspecified atom stereocenters. The van der Waals surface area contributed by atoms with Crippen molar-refractivity contribution in [2.75, 3.05) is 25.0 Å². The number of hydrogen-bond donors (Lipinski definition) is 1. The molecule has 1 saturated heterocycles. The number of aryl methyl sites for hydroxylation is 1. The second-order valence-electron chi connectivity index (χ2n) is 8.02. The Labute approximate surface area is 192 Å². The summed E-state index contributed by atoms with van der Waals surface area (Å²) in [4.78, 5) is 28.9. The molecule has 0 saturated carbocycles. The average Bonchev–Trinajstić information content (AvgIpc) is 3.22. The van der Waals surface area contributed by atoms with Crippen molar-refractivity contribution in [2.45, 2.75) is 37.6 Å². The molecule has 0 radical (unpaired) electrons. The van der Waals surface area contributed by atoms with E-state index in [4.69, 9.17) is 4.74 Å². The number of carbonyl (C=O) groups is 2. The lowest BCUT2D eigenvalue weighted by Gasteiger charge is -2.26. The molecule has 0 bridgehead atoms. The van der Waals surface area contributed by atoms with Crippen molar-refractivity contribution >= 4 is 38.6 Å². The van der Waals surface area contributed by atoms with Crippen LogP contribution in [0.15, 0.2) is 53.7 Å². The number of sulfonamides is 1. The zero-order valence-electron chi connectivity index (χ0n) is 18.4. The molecule has 0 aliphatic carbocycles. The fourth-order valence-electron chi connectivity index (χ4n) is 3.86. The highest BCUT2D eigenvalue weighted by molar-refractivity contribution is 7.89. The minimum atomic E-state index is -3.64. The van der Waals surface area contributed by atoms with E-state index < -0.39 is 28.5 Å². The summed E-state index contributed by atoms with van der Waals surface area (Å²) in [5.74, 6) is -1.13. The Kier molecular flexibility index (Phi) is 6.75. The van der Waals surface area contributed by atoms with E-state index in [9.17, 15) is 18.0 Å². The number of amides is 1. The van der Waals surface area contributed by atoms with Crippen molar-refractivity contribution in [1.82, 2.24) is 13.9 Å². The third-order valence-electron chi connectivity index (χ3n) is 5.60. The summed E-state index contributed by atoms with van der Waals surface area (Å²) in [6.45, 7) is 2.18. The van der Waals surface area contributed by atoms with E-state index in [1.807, 2.05) is 24.3 Å². The first-order valence-corrected chi connectivity index (χ1v) is 12.2. The Bertz CT molecular complexity index is 1280. The molecule has 174 valence electrons. The van der Waals surface area contributed by atoms with Gasteiger partial charge in [-0.15, -0.1) is 0 Å². The van der Waals surface area contributed by atoms with Crippen molar-refractivity contribution in [3.8, 4) is 0 Å². The van der Waals surface area contributed by atoms with Gasteiger partial charge in [0.25, 0.3) is 5.91 Å². The van der Waals surface area contributed by atoms with Crippen LogP contribution in [-0.4, -0.2) is 53.8 Å². The third-order valence-corrected chi connectivity index (χ3v) is 7.64. The average molecular weight is 471 g/mol. The molecular weight excluding hydrogens is 444 g/mol. The Morgan fingerprint density at radius 2 is 1.85 bits per heavy atom. The summed E-state index contributed by atoms with van der Waals surface area (Å²) in [5, 5.41) is 2.61. The number of benzene rings is 2. The topological polar surface area (TPSA) is 111 Å². The van der Waals surface area contributed by atoms with Crippen LogP contribution in [0.1, 0.15) is 24.8 Å². The number of para-hydroxylation sites is 2. The Morgan fingerprint density at radius 1 is 1.09 bits per heavy atom. The maximum absolute atomic E-state index is 13.0. The van der Waals surface area contributed by atoms with Gasteiger partial charge in [-0.2, -0.15) is 4.31 Å². The summed E-state index contributed by atoms with van der Waals surface area (Å²) in [6.07, 6.45) is 4.25. The van der Waals surface area contributed by atoms with Gasteiger partial charge in [-0.3, -0.25) is 9.59 Å². The highest BCUT2D eigenvalue weighted by Crippen LogP contribution is 2.26. The molecule has 33 heavy (non-hydrogen) atoms. The van der Waals surface area contributed by atoms with Crippen molar-refractivity contribution in [3.63, 3.8) is 0 Å². The fraction of sp³-hybridized carbons (Fsp3) is 0.348. The van der Waals surface area contributed by atoms with E-state index in [0.29, 0.717) is 24.3 Å². The summed E-state index contributed by atoms with van der Waals surface area (Å²) in [6, 6.07) is 12.1. The van der Waals surface area contributed by atoms with Gasteiger partial charge in [0, 0.05) is 18.8 Å². The van der Waals surface area contributed by atoms with E-state index in [-0.39, 0.29) is 11.4 Å². The molecule has 0 spiro atoms. The normalized spacial score (nSPS) is 14.8. The molecule has 9 nitrogen and oxygen atoms in total. The molecule has 3 aromatic rings. The van der Waals surface area contributed by atoms with Gasteiger partial charge in [0.15, 0.2) is 6.61 Å². The van der Waals surface area contributed by atoms with Crippen LogP contribution in [0.4, 0.5) is 5.69 Å². The number of esters is 1. The molecule has 1 aromatic heterocycles. The van der Waals surface area contributed by atoms with Crippen molar-refractivity contribution < 1.29 is 22.7 Å². The minimum Gasteiger partial charge on any atom is -0.454 e. The molecule has 1 aliphatic heterocycles. The highest BCUT2D eigenvalue weighted by atomic mass is 32.2. The molecule has 1 amide bonds. The largest absolute Gasteiger partial charge is 0.454 e. The summed E-state index contributed by atoms with van der Waals surface area (Å²) in [5.41, 5.74) is 2.49. The smallest absolute Gasteiger partial charge is 0.326 e. The van der Waals surface area contributed by atoms with Gasteiger partial charge in [-0.25, -0.2) is 13.4 Å². The van der Waals surface area contributed by atoms with Crippen LogP contribution in [-0.2, 0) is 30.9 Å². The first-order valence-electron chi connectivity index (χ1n) is 10.8. The maximum atomic E-state index is 13.0. The number of rotatable bonds is 7. The lowest BCUT2D eigenvalue weighted by Crippen LogP contribution is -2.36. The molecule has 1 N–H and O–H groups in total. The Morgan fingerprint density at radius 3 is 2.64 bits per heavy atom. The summed E-state index contributed by atoms with van der Waals surface area (Å²) < 4.78 is 34.3. The number of hydrogen-bond acceptors (Lipinski definition) is 6. The lowest BCUT2D eigenvalue weighted by atomic mass is 10.2. The predicted molar refractivity (Wildman–Crippen MR) is 123 cm³/mol.